The molecule has 1 atom stereocenters. The van der Waals surface area contributed by atoms with E-state index in [9.17, 15) is 13.6 Å². The van der Waals surface area contributed by atoms with Crippen molar-refractivity contribution in [1.82, 2.24) is 10.3 Å². The zero-order chi connectivity index (χ0) is 18.7. The lowest BCUT2D eigenvalue weighted by Gasteiger charge is -2.28. The lowest BCUT2D eigenvalue weighted by Crippen LogP contribution is -2.33. The first-order valence-electron chi connectivity index (χ1n) is 8.36. The minimum absolute atomic E-state index is 0.0991. The van der Waals surface area contributed by atoms with E-state index in [1.165, 1.54) is 12.3 Å². The number of carbonyl (C=O) groups excluding carboxylic acids is 1. The molecule has 2 heterocycles. The quantitative estimate of drug-likeness (QED) is 0.883. The standard InChI is InChI=1S/C19H20F2N2O3/c1-11-8-12(2)17-14(9-11)15(5-7-25-17)23-18(24)13-4-3-6-22-19(13)26-10-16(20)21/h3-4,6,8-9,15-16H,5,7,10H2,1-2H3,(H,23,24)/t15-/m0/s1. The monoisotopic (exact) mass is 362 g/mol. The maximum atomic E-state index is 12.7. The number of halogens is 2. The fourth-order valence-electron chi connectivity index (χ4n) is 3.08. The Balaban J connectivity index is 1.82. The summed E-state index contributed by atoms with van der Waals surface area (Å²) in [4.78, 5) is 16.6. The number of benzene rings is 1. The van der Waals surface area contributed by atoms with Crippen molar-refractivity contribution in [3.05, 3.63) is 52.7 Å². The molecule has 0 aliphatic carbocycles. The summed E-state index contributed by atoms with van der Waals surface area (Å²) in [6, 6.07) is 6.86. The van der Waals surface area contributed by atoms with Crippen LogP contribution in [0.1, 0.15) is 39.5 Å². The van der Waals surface area contributed by atoms with E-state index in [4.69, 9.17) is 9.47 Å². The maximum Gasteiger partial charge on any atom is 0.272 e. The van der Waals surface area contributed by atoms with Crippen LogP contribution in [-0.2, 0) is 0 Å². The van der Waals surface area contributed by atoms with Gasteiger partial charge in [0, 0.05) is 18.2 Å². The van der Waals surface area contributed by atoms with Gasteiger partial charge >= 0.3 is 0 Å². The highest BCUT2D eigenvalue weighted by molar-refractivity contribution is 5.96. The van der Waals surface area contributed by atoms with Crippen LogP contribution in [0.25, 0.3) is 0 Å². The highest BCUT2D eigenvalue weighted by atomic mass is 19.3. The van der Waals surface area contributed by atoms with Gasteiger partial charge in [0.15, 0.2) is 6.61 Å². The summed E-state index contributed by atoms with van der Waals surface area (Å²) in [6.45, 7) is 3.63. The number of aryl methyl sites for hydroxylation is 2. The Kier molecular flexibility index (Phi) is 5.35. The zero-order valence-corrected chi connectivity index (χ0v) is 14.6. The minimum Gasteiger partial charge on any atom is -0.493 e. The molecule has 138 valence electrons. The number of ether oxygens (including phenoxy) is 2. The summed E-state index contributed by atoms with van der Waals surface area (Å²) < 4.78 is 35.5. The Labute approximate surface area is 150 Å². The first-order valence-corrected chi connectivity index (χ1v) is 8.36. The summed E-state index contributed by atoms with van der Waals surface area (Å²) in [5.41, 5.74) is 3.14. The molecule has 0 spiro atoms. The molecule has 0 bridgehead atoms. The van der Waals surface area contributed by atoms with Crippen LogP contribution in [0.5, 0.6) is 11.6 Å². The normalized spacial score (nSPS) is 16.0. The van der Waals surface area contributed by atoms with Gasteiger partial charge in [0.2, 0.25) is 5.88 Å². The molecule has 2 aromatic rings. The topological polar surface area (TPSA) is 60.5 Å². The molecule has 1 aliphatic heterocycles. The van der Waals surface area contributed by atoms with Crippen molar-refractivity contribution in [1.29, 1.82) is 0 Å². The molecule has 1 aromatic carbocycles. The number of rotatable bonds is 5. The number of carbonyl (C=O) groups is 1. The third-order valence-electron chi connectivity index (χ3n) is 4.14. The van der Waals surface area contributed by atoms with Gasteiger partial charge in [0.25, 0.3) is 12.3 Å². The van der Waals surface area contributed by atoms with Crippen LogP contribution in [0.2, 0.25) is 0 Å². The van der Waals surface area contributed by atoms with E-state index in [1.54, 1.807) is 6.07 Å². The second-order valence-corrected chi connectivity index (χ2v) is 6.22. The Morgan fingerprint density at radius 2 is 2.23 bits per heavy atom. The Hall–Kier alpha value is -2.70. The van der Waals surface area contributed by atoms with Crippen molar-refractivity contribution in [3.63, 3.8) is 0 Å². The second-order valence-electron chi connectivity index (χ2n) is 6.22. The SMILES string of the molecule is Cc1cc(C)c2c(c1)[C@@H](NC(=O)c1cccnc1OCC(F)F)CCO2. The lowest BCUT2D eigenvalue weighted by atomic mass is 9.95. The highest BCUT2D eigenvalue weighted by Crippen LogP contribution is 2.36. The van der Waals surface area contributed by atoms with Crippen LogP contribution in [-0.4, -0.2) is 30.5 Å². The van der Waals surface area contributed by atoms with E-state index >= 15 is 0 Å². The molecular formula is C19H20F2N2O3. The van der Waals surface area contributed by atoms with Crippen LogP contribution >= 0.6 is 0 Å². The number of pyridine rings is 1. The molecule has 0 saturated heterocycles. The van der Waals surface area contributed by atoms with Crippen molar-refractivity contribution < 1.29 is 23.0 Å². The number of hydrogen-bond acceptors (Lipinski definition) is 4. The van der Waals surface area contributed by atoms with Gasteiger partial charge in [-0.3, -0.25) is 4.79 Å². The molecule has 26 heavy (non-hydrogen) atoms. The first kappa shape index (κ1) is 18.1. The van der Waals surface area contributed by atoms with Crippen LogP contribution in [0.15, 0.2) is 30.5 Å². The minimum atomic E-state index is -2.64. The van der Waals surface area contributed by atoms with Gasteiger partial charge in [0.05, 0.1) is 12.6 Å². The van der Waals surface area contributed by atoms with Gasteiger partial charge in [-0.1, -0.05) is 17.7 Å². The van der Waals surface area contributed by atoms with Crippen molar-refractivity contribution in [2.24, 2.45) is 0 Å². The largest absolute Gasteiger partial charge is 0.493 e. The average molecular weight is 362 g/mol. The van der Waals surface area contributed by atoms with Gasteiger partial charge < -0.3 is 14.8 Å². The van der Waals surface area contributed by atoms with Crippen molar-refractivity contribution in [3.8, 4) is 11.6 Å². The smallest absolute Gasteiger partial charge is 0.272 e. The number of hydrogen-bond donors (Lipinski definition) is 1. The second kappa shape index (κ2) is 7.68. The molecule has 0 saturated carbocycles. The van der Waals surface area contributed by atoms with Crippen LogP contribution in [0.4, 0.5) is 8.78 Å². The molecule has 0 radical (unpaired) electrons. The molecule has 1 N–H and O–H groups in total. The Morgan fingerprint density at radius 3 is 3.00 bits per heavy atom. The molecule has 0 fully saturated rings. The third-order valence-corrected chi connectivity index (χ3v) is 4.14. The van der Waals surface area contributed by atoms with E-state index in [0.717, 1.165) is 22.4 Å². The number of nitrogens with one attached hydrogen (secondary N) is 1. The van der Waals surface area contributed by atoms with Gasteiger partial charge in [-0.15, -0.1) is 0 Å². The van der Waals surface area contributed by atoms with E-state index in [0.29, 0.717) is 13.0 Å². The predicted octanol–water partition coefficient (Wildman–Crippen LogP) is 3.60. The van der Waals surface area contributed by atoms with Gasteiger partial charge in [-0.25, -0.2) is 13.8 Å². The van der Waals surface area contributed by atoms with Crippen molar-refractivity contribution in [2.75, 3.05) is 13.2 Å². The van der Waals surface area contributed by atoms with E-state index < -0.39 is 18.9 Å². The summed E-state index contributed by atoms with van der Waals surface area (Å²) in [6.07, 6.45) is -0.621. The zero-order valence-electron chi connectivity index (χ0n) is 14.6. The lowest BCUT2D eigenvalue weighted by molar-refractivity contribution is 0.0768. The molecule has 0 unspecified atom stereocenters. The number of alkyl halides is 2. The van der Waals surface area contributed by atoms with E-state index in [-0.39, 0.29) is 17.5 Å². The van der Waals surface area contributed by atoms with E-state index in [1.807, 2.05) is 26.0 Å². The highest BCUT2D eigenvalue weighted by Gasteiger charge is 2.26. The number of fused-ring (bicyclic) bond motifs is 1. The van der Waals surface area contributed by atoms with Gasteiger partial charge in [-0.05, 0) is 31.5 Å². The molecule has 5 nitrogen and oxygen atoms in total. The molecule has 3 rings (SSSR count). The van der Waals surface area contributed by atoms with Crippen LogP contribution in [0, 0.1) is 13.8 Å². The summed E-state index contributed by atoms with van der Waals surface area (Å²) in [5, 5.41) is 2.95. The van der Waals surface area contributed by atoms with E-state index in [2.05, 4.69) is 10.3 Å². The fourth-order valence-corrected chi connectivity index (χ4v) is 3.08. The average Bonchev–Trinajstić information content (AvgIpc) is 2.60. The number of amides is 1. The maximum absolute atomic E-state index is 12.7. The molecule has 1 aliphatic rings. The number of nitrogens with zero attached hydrogens (tertiary/aromatic N) is 1. The molecule has 7 heteroatoms. The fraction of sp³-hybridized carbons (Fsp3) is 0.368. The molecular weight excluding hydrogens is 342 g/mol. The first-order chi connectivity index (χ1) is 12.5. The van der Waals surface area contributed by atoms with Crippen molar-refractivity contribution in [2.45, 2.75) is 32.7 Å². The molecule has 1 amide bonds. The summed E-state index contributed by atoms with van der Waals surface area (Å²) in [7, 11) is 0. The predicted molar refractivity (Wildman–Crippen MR) is 92.0 cm³/mol. The third kappa shape index (κ3) is 3.92. The number of aromatic nitrogens is 1. The summed E-state index contributed by atoms with van der Waals surface area (Å²) >= 11 is 0. The van der Waals surface area contributed by atoms with Gasteiger partial charge in [-0.2, -0.15) is 0 Å². The summed E-state index contributed by atoms with van der Waals surface area (Å²) in [5.74, 6) is 0.268. The van der Waals surface area contributed by atoms with Crippen LogP contribution in [0.3, 0.4) is 0 Å². The Bertz CT molecular complexity index is 811. The van der Waals surface area contributed by atoms with Crippen LogP contribution < -0.4 is 14.8 Å². The van der Waals surface area contributed by atoms with Gasteiger partial charge in [0.1, 0.15) is 11.3 Å². The molecule has 1 aromatic heterocycles. The Morgan fingerprint density at radius 1 is 1.42 bits per heavy atom. The van der Waals surface area contributed by atoms with Crippen molar-refractivity contribution >= 4 is 5.91 Å².